The quantitative estimate of drug-likeness (QED) is 0.460. The van der Waals surface area contributed by atoms with Crippen LogP contribution in [0.1, 0.15) is 25.3 Å². The van der Waals surface area contributed by atoms with Gasteiger partial charge in [0.2, 0.25) is 5.91 Å². The van der Waals surface area contributed by atoms with Gasteiger partial charge in [-0.15, -0.1) is 5.10 Å². The van der Waals surface area contributed by atoms with Crippen LogP contribution < -0.4 is 11.0 Å². The lowest BCUT2D eigenvalue weighted by Gasteiger charge is -2.03. The molecule has 9 heteroatoms. The largest absolute Gasteiger partial charge is 0.354 e. The van der Waals surface area contributed by atoms with E-state index in [1.54, 1.807) is 12.4 Å². The number of carbonyl (C=O) groups excluding carboxylic acids is 1. The van der Waals surface area contributed by atoms with Crippen LogP contribution in [0.15, 0.2) is 46.5 Å². The number of halogens is 1. The number of thioether (sulfide) groups is 1. The molecule has 3 aromatic rings. The summed E-state index contributed by atoms with van der Waals surface area (Å²) in [7, 11) is 0. The second-order valence-electron chi connectivity index (χ2n) is 5.98. The smallest absolute Gasteiger partial charge is 0.350 e. The van der Waals surface area contributed by atoms with E-state index in [0.29, 0.717) is 28.0 Å². The lowest BCUT2D eigenvalue weighted by molar-refractivity contribution is -0.121. The zero-order chi connectivity index (χ0) is 19.2. The fraction of sp³-hybridized carbons (Fsp3) is 0.333. The van der Waals surface area contributed by atoms with E-state index in [1.165, 1.54) is 20.8 Å². The highest BCUT2D eigenvalue weighted by Gasteiger charge is 2.14. The summed E-state index contributed by atoms with van der Waals surface area (Å²) in [6.07, 6.45) is 5.02. The number of benzene rings is 1. The third-order valence-corrected chi connectivity index (χ3v) is 5.20. The molecule has 0 aliphatic heterocycles. The van der Waals surface area contributed by atoms with Crippen LogP contribution in [-0.4, -0.2) is 31.6 Å². The Morgan fingerprint density at radius 2 is 2.07 bits per heavy atom. The molecule has 0 aliphatic carbocycles. The molecule has 0 saturated carbocycles. The molecule has 0 spiro atoms. The first-order valence-electron chi connectivity index (χ1n) is 8.66. The van der Waals surface area contributed by atoms with Crippen LogP contribution in [-0.2, 0) is 17.1 Å². The van der Waals surface area contributed by atoms with Gasteiger partial charge in [0.1, 0.15) is 11.6 Å². The van der Waals surface area contributed by atoms with E-state index in [4.69, 9.17) is 11.6 Å². The number of carbonyl (C=O) groups is 1. The van der Waals surface area contributed by atoms with Gasteiger partial charge in [-0.3, -0.25) is 4.79 Å². The minimum Gasteiger partial charge on any atom is -0.354 e. The number of hydrogen-bond acceptors (Lipinski definition) is 5. The van der Waals surface area contributed by atoms with Crippen molar-refractivity contribution in [3.8, 4) is 0 Å². The molecule has 1 aromatic carbocycles. The number of hydrogen-bond donors (Lipinski definition) is 1. The monoisotopic (exact) mass is 405 g/mol. The highest BCUT2D eigenvalue weighted by atomic mass is 35.5. The minimum atomic E-state index is -0.355. The van der Waals surface area contributed by atoms with Crippen LogP contribution in [0, 0.1) is 0 Å². The van der Waals surface area contributed by atoms with Crippen LogP contribution >= 0.6 is 23.4 Å². The summed E-state index contributed by atoms with van der Waals surface area (Å²) in [5.74, 6) is 0.444. The molecule has 0 atom stereocenters. The standard InChI is InChI=1S/C18H20ClN5O2S/c1-2-3-8-20-15(25)11-24-18(26)23-10-9-21-17(16(23)22-24)27-12-13-4-6-14(19)7-5-13/h4-7,9-10H,2-3,8,11-12H2,1H3,(H,20,25). The highest BCUT2D eigenvalue weighted by Crippen LogP contribution is 2.24. The van der Waals surface area contributed by atoms with Crippen molar-refractivity contribution in [1.29, 1.82) is 0 Å². The fourth-order valence-electron chi connectivity index (χ4n) is 2.46. The van der Waals surface area contributed by atoms with E-state index >= 15 is 0 Å². The number of nitrogens with zero attached hydrogens (tertiary/aromatic N) is 4. The Balaban J connectivity index is 1.76. The molecule has 7 nitrogen and oxygen atoms in total. The molecule has 3 rings (SSSR count). The maximum absolute atomic E-state index is 12.5. The summed E-state index contributed by atoms with van der Waals surface area (Å²) in [4.78, 5) is 28.8. The molecule has 0 bridgehead atoms. The Kier molecular flexibility index (Phi) is 6.52. The summed E-state index contributed by atoms with van der Waals surface area (Å²) in [5.41, 5.74) is 1.18. The van der Waals surface area contributed by atoms with Crippen molar-refractivity contribution in [2.75, 3.05) is 6.54 Å². The second kappa shape index (κ2) is 9.05. The number of fused-ring (bicyclic) bond motifs is 1. The Hall–Kier alpha value is -2.32. The summed E-state index contributed by atoms with van der Waals surface area (Å²) in [6.45, 7) is 2.54. The van der Waals surface area contributed by atoms with E-state index in [9.17, 15) is 9.59 Å². The Labute approximate surface area is 165 Å². The molecule has 0 saturated heterocycles. The molecule has 0 fully saturated rings. The van der Waals surface area contributed by atoms with Crippen molar-refractivity contribution >= 4 is 34.9 Å². The van der Waals surface area contributed by atoms with Crippen molar-refractivity contribution in [2.24, 2.45) is 0 Å². The van der Waals surface area contributed by atoms with E-state index in [1.807, 2.05) is 24.3 Å². The van der Waals surface area contributed by atoms with Crippen LogP contribution in [0.4, 0.5) is 0 Å². The second-order valence-corrected chi connectivity index (χ2v) is 7.39. The first kappa shape index (κ1) is 19.4. The molecule has 0 aliphatic rings. The summed E-state index contributed by atoms with van der Waals surface area (Å²) >= 11 is 7.38. The van der Waals surface area contributed by atoms with E-state index in [0.717, 1.165) is 18.4 Å². The molecule has 1 amide bonds. The van der Waals surface area contributed by atoms with Gasteiger partial charge in [-0.1, -0.05) is 48.8 Å². The van der Waals surface area contributed by atoms with E-state index in [-0.39, 0.29) is 18.1 Å². The third-order valence-electron chi connectivity index (χ3n) is 3.90. The maximum Gasteiger partial charge on any atom is 0.350 e. The molecule has 2 aromatic heterocycles. The predicted octanol–water partition coefficient (Wildman–Crippen LogP) is 2.75. The van der Waals surface area contributed by atoms with Crippen LogP contribution in [0.2, 0.25) is 5.02 Å². The Morgan fingerprint density at radius 1 is 1.30 bits per heavy atom. The average Bonchev–Trinajstić information content (AvgIpc) is 2.98. The van der Waals surface area contributed by atoms with Crippen LogP contribution in [0.5, 0.6) is 0 Å². The first-order chi connectivity index (χ1) is 13.1. The molecule has 142 valence electrons. The van der Waals surface area contributed by atoms with Crippen molar-refractivity contribution in [3.63, 3.8) is 0 Å². The van der Waals surface area contributed by atoms with Crippen LogP contribution in [0.25, 0.3) is 5.65 Å². The molecule has 27 heavy (non-hydrogen) atoms. The molecule has 0 radical (unpaired) electrons. The number of aromatic nitrogens is 4. The van der Waals surface area contributed by atoms with Gasteiger partial charge in [-0.25, -0.2) is 18.9 Å². The molecule has 2 heterocycles. The Morgan fingerprint density at radius 3 is 2.81 bits per heavy atom. The van der Waals surface area contributed by atoms with E-state index in [2.05, 4.69) is 22.3 Å². The lowest BCUT2D eigenvalue weighted by atomic mass is 10.2. The van der Waals surface area contributed by atoms with E-state index < -0.39 is 0 Å². The zero-order valence-corrected chi connectivity index (χ0v) is 16.5. The number of nitrogens with one attached hydrogen (secondary N) is 1. The fourth-order valence-corrected chi connectivity index (χ4v) is 3.48. The number of amides is 1. The zero-order valence-electron chi connectivity index (χ0n) is 14.9. The highest BCUT2D eigenvalue weighted by molar-refractivity contribution is 7.98. The first-order valence-corrected chi connectivity index (χ1v) is 10.0. The van der Waals surface area contributed by atoms with Crippen molar-refractivity contribution < 1.29 is 4.79 Å². The molecule has 1 N–H and O–H groups in total. The van der Waals surface area contributed by atoms with Gasteiger partial charge in [-0.05, 0) is 24.1 Å². The van der Waals surface area contributed by atoms with Gasteiger partial charge in [0.25, 0.3) is 0 Å². The minimum absolute atomic E-state index is 0.106. The third kappa shape index (κ3) is 4.90. The van der Waals surface area contributed by atoms with Gasteiger partial charge >= 0.3 is 5.69 Å². The Bertz CT molecular complexity index is 984. The van der Waals surface area contributed by atoms with Gasteiger partial charge in [0, 0.05) is 29.7 Å². The predicted molar refractivity (Wildman–Crippen MR) is 106 cm³/mol. The van der Waals surface area contributed by atoms with Crippen molar-refractivity contribution in [3.05, 3.63) is 57.7 Å². The van der Waals surface area contributed by atoms with Crippen molar-refractivity contribution in [1.82, 2.24) is 24.5 Å². The summed E-state index contributed by atoms with van der Waals surface area (Å²) < 4.78 is 2.58. The number of unbranched alkanes of at least 4 members (excludes halogenated alkanes) is 1. The SMILES string of the molecule is CCCCNC(=O)Cn1nc2c(SCc3ccc(Cl)cc3)nccn2c1=O. The van der Waals surface area contributed by atoms with Gasteiger partial charge < -0.3 is 5.32 Å². The normalized spacial score (nSPS) is 11.0. The molecular formula is C18H20ClN5O2S. The van der Waals surface area contributed by atoms with Crippen LogP contribution in [0.3, 0.4) is 0 Å². The van der Waals surface area contributed by atoms with Gasteiger partial charge in [0.05, 0.1) is 0 Å². The average molecular weight is 406 g/mol. The molecule has 0 unspecified atom stereocenters. The lowest BCUT2D eigenvalue weighted by Crippen LogP contribution is -2.33. The topological polar surface area (TPSA) is 81.3 Å². The summed E-state index contributed by atoms with van der Waals surface area (Å²) in [6, 6.07) is 7.56. The maximum atomic E-state index is 12.5. The summed E-state index contributed by atoms with van der Waals surface area (Å²) in [5, 5.41) is 8.42. The number of rotatable bonds is 8. The van der Waals surface area contributed by atoms with Gasteiger partial charge in [-0.2, -0.15) is 0 Å². The van der Waals surface area contributed by atoms with Gasteiger partial charge in [0.15, 0.2) is 5.65 Å². The van der Waals surface area contributed by atoms with Crippen molar-refractivity contribution in [2.45, 2.75) is 37.1 Å². The molecular weight excluding hydrogens is 386 g/mol.